The van der Waals surface area contributed by atoms with Crippen LogP contribution >= 0.6 is 27.5 Å². The molecule has 2 aliphatic rings. The van der Waals surface area contributed by atoms with E-state index in [-0.39, 0.29) is 0 Å². The monoisotopic (exact) mass is 421 g/mol. The van der Waals surface area contributed by atoms with Crippen molar-refractivity contribution in [2.45, 2.75) is 35.8 Å². The molecule has 0 radical (unpaired) electrons. The molecule has 10 heteroatoms. The summed E-state index contributed by atoms with van der Waals surface area (Å²) in [4.78, 5) is 15.2. The Morgan fingerprint density at radius 2 is 2.00 bits per heavy atom. The van der Waals surface area contributed by atoms with Crippen molar-refractivity contribution in [2.24, 2.45) is 4.99 Å². The van der Waals surface area contributed by atoms with E-state index in [2.05, 4.69) is 20.9 Å². The van der Waals surface area contributed by atoms with Gasteiger partial charge in [-0.15, -0.1) is 0 Å². The van der Waals surface area contributed by atoms with Crippen molar-refractivity contribution in [3.05, 3.63) is 28.2 Å². The normalized spacial score (nSPS) is 38.1. The number of alkyl halides is 1. The fourth-order valence-electron chi connectivity index (χ4n) is 2.53. The van der Waals surface area contributed by atoms with Crippen LogP contribution in [0.15, 0.2) is 27.7 Å². The minimum absolute atomic E-state index is 0.460. The van der Waals surface area contributed by atoms with Crippen LogP contribution in [0.1, 0.15) is 5.56 Å². The zero-order valence-electron chi connectivity index (χ0n) is 11.9. The largest absolute Gasteiger partial charge is 0.479 e. The first kappa shape index (κ1) is 17.7. The van der Waals surface area contributed by atoms with Gasteiger partial charge in [-0.05, 0) is 18.2 Å². The lowest BCUT2D eigenvalue weighted by molar-refractivity contribution is -0.304. The molecule has 0 amide bonds. The second-order valence-corrected chi connectivity index (χ2v) is 6.89. The Kier molecular flexibility index (Phi) is 4.69. The zero-order valence-corrected chi connectivity index (χ0v) is 14.3. The Hall–Kier alpha value is -1.07. The van der Waals surface area contributed by atoms with Crippen LogP contribution in [-0.2, 0) is 19.3 Å². The van der Waals surface area contributed by atoms with Crippen LogP contribution in [0.3, 0.4) is 0 Å². The van der Waals surface area contributed by atoms with Gasteiger partial charge in [-0.3, -0.25) is 4.99 Å². The van der Waals surface area contributed by atoms with Crippen LogP contribution in [0.25, 0.3) is 0 Å². The summed E-state index contributed by atoms with van der Waals surface area (Å²) < 4.78 is 11.3. The Morgan fingerprint density at radius 1 is 1.29 bits per heavy atom. The van der Waals surface area contributed by atoms with Crippen LogP contribution in [-0.4, -0.2) is 63.3 Å². The molecule has 1 aromatic rings. The summed E-state index contributed by atoms with van der Waals surface area (Å²) in [5.74, 6) is -1.51. The lowest BCUT2D eigenvalue weighted by Gasteiger charge is -2.40. The molecule has 2 heterocycles. The molecule has 130 valence electrons. The maximum atomic E-state index is 11.1. The number of nitrogens with zero attached hydrogens (tertiary/aromatic N) is 1. The number of aliphatic carboxylic acids is 1. The van der Waals surface area contributed by atoms with Gasteiger partial charge in [-0.25, -0.2) is 4.79 Å². The number of hydrogen-bond donors (Lipinski definition) is 4. The number of carboxylic acid groups (broad SMARTS) is 1. The quantitative estimate of drug-likeness (QED) is 0.521. The van der Waals surface area contributed by atoms with E-state index in [4.69, 9.17) is 26.2 Å². The number of carbonyl (C=O) groups is 1. The van der Waals surface area contributed by atoms with Gasteiger partial charge < -0.3 is 29.9 Å². The molecular formula is C14H13BrClNO7. The highest BCUT2D eigenvalue weighted by Gasteiger charge is 2.50. The second kappa shape index (κ2) is 6.34. The number of aliphatic imine (C=N–C) groups is 1. The Balaban J connectivity index is 1.87. The molecule has 4 N–H and O–H groups in total. The molecular weight excluding hydrogens is 410 g/mol. The summed E-state index contributed by atoms with van der Waals surface area (Å²) in [5, 5.41) is 37.0. The van der Waals surface area contributed by atoms with Gasteiger partial charge in [0.2, 0.25) is 5.06 Å². The van der Waals surface area contributed by atoms with E-state index < -0.39 is 41.7 Å². The van der Waals surface area contributed by atoms with Crippen molar-refractivity contribution in [1.82, 2.24) is 0 Å². The van der Waals surface area contributed by atoms with Gasteiger partial charge >= 0.3 is 5.97 Å². The number of fused-ring (bicyclic) bond motifs is 1. The lowest BCUT2D eigenvalue weighted by atomic mass is 9.99. The SMILES string of the molecule is O=C(O)[C@H]1OC(OC2(Cl)C=Nc3ccc(Br)cc32)[C@H](O)[C@@H](O)[C@@H]1O. The second-order valence-electron chi connectivity index (χ2n) is 5.42. The van der Waals surface area contributed by atoms with Gasteiger partial charge in [-0.2, -0.15) is 0 Å². The molecule has 1 fully saturated rings. The van der Waals surface area contributed by atoms with Gasteiger partial charge in [0, 0.05) is 10.0 Å². The van der Waals surface area contributed by atoms with Crippen LogP contribution in [0.4, 0.5) is 5.69 Å². The topological polar surface area (TPSA) is 129 Å². The van der Waals surface area contributed by atoms with Crippen molar-refractivity contribution in [3.63, 3.8) is 0 Å². The van der Waals surface area contributed by atoms with Crippen molar-refractivity contribution in [1.29, 1.82) is 0 Å². The first-order valence-electron chi connectivity index (χ1n) is 6.87. The summed E-state index contributed by atoms with van der Waals surface area (Å²) >= 11 is 9.71. The maximum Gasteiger partial charge on any atom is 0.335 e. The smallest absolute Gasteiger partial charge is 0.335 e. The molecule has 0 spiro atoms. The van der Waals surface area contributed by atoms with Crippen molar-refractivity contribution >= 4 is 45.4 Å². The molecule has 0 saturated carbocycles. The van der Waals surface area contributed by atoms with Crippen LogP contribution < -0.4 is 0 Å². The van der Waals surface area contributed by atoms with Crippen molar-refractivity contribution in [3.8, 4) is 0 Å². The van der Waals surface area contributed by atoms with Gasteiger partial charge in [0.15, 0.2) is 12.4 Å². The highest BCUT2D eigenvalue weighted by Crippen LogP contribution is 2.44. The van der Waals surface area contributed by atoms with E-state index in [1.807, 2.05) is 0 Å². The van der Waals surface area contributed by atoms with E-state index >= 15 is 0 Å². The third-order valence-corrected chi connectivity index (χ3v) is 4.68. The number of ether oxygens (including phenoxy) is 2. The van der Waals surface area contributed by atoms with Gasteiger partial charge in [-0.1, -0.05) is 27.5 Å². The maximum absolute atomic E-state index is 11.1. The molecule has 0 aliphatic carbocycles. The number of benzene rings is 1. The number of carboxylic acids is 1. The van der Waals surface area contributed by atoms with Crippen molar-refractivity contribution < 1.29 is 34.7 Å². The summed E-state index contributed by atoms with van der Waals surface area (Å²) in [6.07, 6.45) is -7.36. The zero-order chi connectivity index (χ0) is 17.6. The van der Waals surface area contributed by atoms with E-state index in [9.17, 15) is 20.1 Å². The van der Waals surface area contributed by atoms with Crippen LogP contribution in [0.2, 0.25) is 0 Å². The first-order chi connectivity index (χ1) is 11.2. The number of hydrogen-bond acceptors (Lipinski definition) is 7. The Morgan fingerprint density at radius 3 is 2.67 bits per heavy atom. The van der Waals surface area contributed by atoms with Crippen LogP contribution in [0, 0.1) is 0 Å². The number of rotatable bonds is 3. The molecule has 1 saturated heterocycles. The average Bonchev–Trinajstić information content (AvgIpc) is 2.84. The van der Waals surface area contributed by atoms with Gasteiger partial charge in [0.1, 0.15) is 18.3 Å². The minimum Gasteiger partial charge on any atom is -0.479 e. The third-order valence-electron chi connectivity index (χ3n) is 3.80. The molecule has 2 aliphatic heterocycles. The highest BCUT2D eigenvalue weighted by atomic mass is 79.9. The molecule has 0 bridgehead atoms. The predicted octanol–water partition coefficient (Wildman–Crippen LogP) is 0.465. The summed E-state index contributed by atoms with van der Waals surface area (Å²) in [6, 6.07) is 5.11. The summed E-state index contributed by atoms with van der Waals surface area (Å²) in [5.41, 5.74) is 0.996. The number of halogens is 2. The first-order valence-corrected chi connectivity index (χ1v) is 8.04. The average molecular weight is 423 g/mol. The third kappa shape index (κ3) is 2.97. The van der Waals surface area contributed by atoms with E-state index in [1.54, 1.807) is 18.2 Å². The molecule has 3 rings (SSSR count). The number of aliphatic hydroxyl groups excluding tert-OH is 3. The molecule has 24 heavy (non-hydrogen) atoms. The van der Waals surface area contributed by atoms with Crippen molar-refractivity contribution in [2.75, 3.05) is 0 Å². The molecule has 2 unspecified atom stereocenters. The standard InChI is InChI=1S/C14H13BrClNO7/c15-5-1-2-7-6(3-5)14(16,4-17-7)24-13-10(20)8(18)9(19)11(23-13)12(21)22/h1-4,8-11,13,18-20H,(H,21,22)/t8-,9-,10+,11-,13?,14?/m0/s1. The van der Waals surface area contributed by atoms with E-state index in [0.29, 0.717) is 15.7 Å². The fourth-order valence-corrected chi connectivity index (χ4v) is 3.18. The minimum atomic E-state index is -1.80. The Bertz CT molecular complexity index is 702. The summed E-state index contributed by atoms with van der Waals surface area (Å²) in [6.45, 7) is 0. The van der Waals surface area contributed by atoms with Gasteiger partial charge in [0.25, 0.3) is 0 Å². The molecule has 6 atom stereocenters. The highest BCUT2D eigenvalue weighted by molar-refractivity contribution is 9.10. The lowest BCUT2D eigenvalue weighted by Crippen LogP contribution is -2.61. The molecule has 1 aromatic carbocycles. The summed E-state index contributed by atoms with van der Waals surface area (Å²) in [7, 11) is 0. The van der Waals surface area contributed by atoms with E-state index in [0.717, 1.165) is 0 Å². The Labute approximate surface area is 149 Å². The van der Waals surface area contributed by atoms with Crippen LogP contribution in [0.5, 0.6) is 0 Å². The number of aliphatic hydroxyl groups is 3. The van der Waals surface area contributed by atoms with E-state index in [1.165, 1.54) is 6.21 Å². The predicted molar refractivity (Wildman–Crippen MR) is 85.2 cm³/mol. The molecule has 8 nitrogen and oxygen atoms in total. The van der Waals surface area contributed by atoms with Gasteiger partial charge in [0.05, 0.1) is 11.9 Å². The fraction of sp³-hybridized carbons (Fsp3) is 0.429. The molecule has 0 aromatic heterocycles.